The van der Waals surface area contributed by atoms with Crippen LogP contribution in [0.5, 0.6) is 0 Å². The first-order valence-electron chi connectivity index (χ1n) is 8.48. The van der Waals surface area contributed by atoms with Crippen molar-refractivity contribution in [3.05, 3.63) is 77.6 Å². The van der Waals surface area contributed by atoms with Crippen molar-refractivity contribution in [2.45, 2.75) is 20.4 Å². The van der Waals surface area contributed by atoms with Crippen LogP contribution in [0.2, 0.25) is 0 Å². The SMILES string of the molecule is Cc1ccc(Cn2cnc(NC(=O)c3cc(-c4ccco4)on3)c2)c(C)c1. The molecular formula is C20H18N4O3. The number of anilines is 1. The van der Waals surface area contributed by atoms with Crippen molar-refractivity contribution in [2.24, 2.45) is 0 Å². The van der Waals surface area contributed by atoms with Gasteiger partial charge in [-0.05, 0) is 37.1 Å². The monoisotopic (exact) mass is 362 g/mol. The highest BCUT2D eigenvalue weighted by Gasteiger charge is 2.16. The molecular weight excluding hydrogens is 344 g/mol. The van der Waals surface area contributed by atoms with Gasteiger partial charge in [-0.2, -0.15) is 0 Å². The van der Waals surface area contributed by atoms with Gasteiger partial charge in [0.15, 0.2) is 17.3 Å². The average molecular weight is 362 g/mol. The number of nitrogens with zero attached hydrogens (tertiary/aromatic N) is 3. The van der Waals surface area contributed by atoms with Crippen molar-refractivity contribution in [3.8, 4) is 11.5 Å². The van der Waals surface area contributed by atoms with Crippen LogP contribution in [0.3, 0.4) is 0 Å². The quantitative estimate of drug-likeness (QED) is 0.579. The highest BCUT2D eigenvalue weighted by molar-refractivity contribution is 6.02. The molecule has 0 spiro atoms. The molecule has 0 aliphatic heterocycles. The van der Waals surface area contributed by atoms with E-state index in [1.165, 1.54) is 29.0 Å². The van der Waals surface area contributed by atoms with E-state index in [4.69, 9.17) is 8.94 Å². The number of hydrogen-bond acceptors (Lipinski definition) is 5. The van der Waals surface area contributed by atoms with E-state index in [9.17, 15) is 4.79 Å². The number of benzene rings is 1. The topological polar surface area (TPSA) is 86.1 Å². The van der Waals surface area contributed by atoms with Gasteiger partial charge in [-0.3, -0.25) is 4.79 Å². The molecule has 4 rings (SSSR count). The van der Waals surface area contributed by atoms with E-state index >= 15 is 0 Å². The van der Waals surface area contributed by atoms with E-state index in [1.807, 2.05) is 4.57 Å². The first-order chi connectivity index (χ1) is 13.1. The van der Waals surface area contributed by atoms with E-state index < -0.39 is 5.91 Å². The summed E-state index contributed by atoms with van der Waals surface area (Å²) in [6, 6.07) is 11.3. The lowest BCUT2D eigenvalue weighted by molar-refractivity contribution is 0.101. The molecule has 4 aromatic rings. The van der Waals surface area contributed by atoms with Gasteiger partial charge in [-0.1, -0.05) is 28.9 Å². The molecule has 0 aliphatic rings. The Balaban J connectivity index is 1.44. The summed E-state index contributed by atoms with van der Waals surface area (Å²) < 4.78 is 12.3. The lowest BCUT2D eigenvalue weighted by Crippen LogP contribution is -2.12. The number of aryl methyl sites for hydroxylation is 2. The Bertz CT molecular complexity index is 1080. The predicted octanol–water partition coefficient (Wildman–Crippen LogP) is 4.05. The maximum absolute atomic E-state index is 12.3. The van der Waals surface area contributed by atoms with E-state index in [1.54, 1.807) is 24.7 Å². The standard InChI is InChI=1S/C20H18N4O3/c1-13-5-6-15(14(2)8-13)10-24-11-19(21-12-24)22-20(25)16-9-18(27-23-16)17-4-3-7-26-17/h3-9,11-12H,10H2,1-2H3,(H,22,25). The molecule has 0 aliphatic carbocycles. The molecule has 136 valence electrons. The molecule has 0 radical (unpaired) electrons. The second-order valence-electron chi connectivity index (χ2n) is 6.37. The van der Waals surface area contributed by atoms with Crippen LogP contribution in [-0.2, 0) is 6.54 Å². The van der Waals surface area contributed by atoms with E-state index in [-0.39, 0.29) is 5.69 Å². The minimum Gasteiger partial charge on any atom is -0.461 e. The zero-order chi connectivity index (χ0) is 18.8. The number of imidazole rings is 1. The Morgan fingerprint density at radius 1 is 1.19 bits per heavy atom. The van der Waals surface area contributed by atoms with Crippen molar-refractivity contribution in [1.82, 2.24) is 14.7 Å². The summed E-state index contributed by atoms with van der Waals surface area (Å²) in [5, 5.41) is 6.50. The highest BCUT2D eigenvalue weighted by Crippen LogP contribution is 2.21. The number of nitrogens with one attached hydrogen (secondary N) is 1. The van der Waals surface area contributed by atoms with Gasteiger partial charge in [0.1, 0.15) is 0 Å². The van der Waals surface area contributed by atoms with E-state index in [0.717, 1.165) is 0 Å². The summed E-state index contributed by atoms with van der Waals surface area (Å²) in [6.45, 7) is 4.84. The third-order valence-electron chi connectivity index (χ3n) is 4.23. The Hall–Kier alpha value is -3.61. The van der Waals surface area contributed by atoms with Crippen LogP contribution < -0.4 is 5.32 Å². The summed E-state index contributed by atoms with van der Waals surface area (Å²) in [7, 11) is 0. The van der Waals surface area contributed by atoms with Gasteiger partial charge < -0.3 is 18.8 Å². The normalized spacial score (nSPS) is 10.9. The largest absolute Gasteiger partial charge is 0.461 e. The predicted molar refractivity (Wildman–Crippen MR) is 99.4 cm³/mol. The molecule has 7 nitrogen and oxygen atoms in total. The minimum absolute atomic E-state index is 0.158. The van der Waals surface area contributed by atoms with Gasteiger partial charge in [0.05, 0.1) is 12.6 Å². The van der Waals surface area contributed by atoms with Gasteiger partial charge >= 0.3 is 0 Å². The number of rotatable bonds is 5. The van der Waals surface area contributed by atoms with Crippen molar-refractivity contribution in [3.63, 3.8) is 0 Å². The number of amides is 1. The summed E-state index contributed by atoms with van der Waals surface area (Å²) >= 11 is 0. The third-order valence-corrected chi connectivity index (χ3v) is 4.23. The van der Waals surface area contributed by atoms with Crippen LogP contribution in [0, 0.1) is 13.8 Å². The number of carbonyl (C=O) groups is 1. The number of carbonyl (C=O) groups excluding carboxylic acids is 1. The van der Waals surface area contributed by atoms with Gasteiger partial charge in [0, 0.05) is 18.8 Å². The van der Waals surface area contributed by atoms with Crippen LogP contribution >= 0.6 is 0 Å². The van der Waals surface area contributed by atoms with Crippen molar-refractivity contribution < 1.29 is 13.7 Å². The summed E-state index contributed by atoms with van der Waals surface area (Å²) in [5.41, 5.74) is 3.82. The van der Waals surface area contributed by atoms with Gasteiger partial charge in [0.25, 0.3) is 5.91 Å². The van der Waals surface area contributed by atoms with Crippen LogP contribution in [0.25, 0.3) is 11.5 Å². The summed E-state index contributed by atoms with van der Waals surface area (Å²) in [5.74, 6) is 0.963. The van der Waals surface area contributed by atoms with Crippen LogP contribution in [-0.4, -0.2) is 20.6 Å². The molecule has 3 heterocycles. The molecule has 1 aromatic carbocycles. The third kappa shape index (κ3) is 3.67. The minimum atomic E-state index is -0.395. The molecule has 0 fully saturated rings. The summed E-state index contributed by atoms with van der Waals surface area (Å²) in [4.78, 5) is 16.6. The maximum atomic E-state index is 12.3. The van der Waals surface area contributed by atoms with E-state index in [0.29, 0.717) is 23.9 Å². The Morgan fingerprint density at radius 2 is 2.07 bits per heavy atom. The molecule has 0 saturated heterocycles. The number of furan rings is 1. The van der Waals surface area contributed by atoms with Crippen molar-refractivity contribution in [2.75, 3.05) is 5.32 Å². The molecule has 0 bridgehead atoms. The molecule has 1 N–H and O–H groups in total. The van der Waals surface area contributed by atoms with E-state index in [2.05, 4.69) is 47.5 Å². The van der Waals surface area contributed by atoms with Crippen LogP contribution in [0.4, 0.5) is 5.82 Å². The zero-order valence-electron chi connectivity index (χ0n) is 15.0. The smallest absolute Gasteiger partial charge is 0.279 e. The second kappa shape index (κ2) is 6.95. The second-order valence-corrected chi connectivity index (χ2v) is 6.37. The maximum Gasteiger partial charge on any atom is 0.279 e. The lowest BCUT2D eigenvalue weighted by Gasteiger charge is -2.07. The molecule has 27 heavy (non-hydrogen) atoms. The fourth-order valence-corrected chi connectivity index (χ4v) is 2.83. The zero-order valence-corrected chi connectivity index (χ0v) is 15.0. The Kier molecular flexibility index (Phi) is 4.33. The molecule has 7 heteroatoms. The first kappa shape index (κ1) is 16.8. The Labute approximate surface area is 155 Å². The van der Waals surface area contributed by atoms with Crippen molar-refractivity contribution in [1.29, 1.82) is 0 Å². The first-order valence-corrected chi connectivity index (χ1v) is 8.48. The fourth-order valence-electron chi connectivity index (χ4n) is 2.83. The van der Waals surface area contributed by atoms with Gasteiger partial charge in [-0.15, -0.1) is 0 Å². The number of aromatic nitrogens is 3. The van der Waals surface area contributed by atoms with Crippen molar-refractivity contribution >= 4 is 11.7 Å². The number of hydrogen-bond donors (Lipinski definition) is 1. The average Bonchev–Trinajstić information content (AvgIpc) is 3.37. The van der Waals surface area contributed by atoms with Gasteiger partial charge in [-0.25, -0.2) is 4.98 Å². The molecule has 0 unspecified atom stereocenters. The summed E-state index contributed by atoms with van der Waals surface area (Å²) in [6.07, 6.45) is 5.00. The molecule has 1 amide bonds. The van der Waals surface area contributed by atoms with Crippen LogP contribution in [0.15, 0.2) is 64.1 Å². The van der Waals surface area contributed by atoms with Gasteiger partial charge in [0.2, 0.25) is 5.76 Å². The van der Waals surface area contributed by atoms with Crippen LogP contribution in [0.1, 0.15) is 27.2 Å². The fraction of sp³-hybridized carbons (Fsp3) is 0.150. The Morgan fingerprint density at radius 3 is 2.85 bits per heavy atom. The highest BCUT2D eigenvalue weighted by atomic mass is 16.5. The molecule has 0 atom stereocenters. The molecule has 0 saturated carbocycles. The lowest BCUT2D eigenvalue weighted by atomic mass is 10.1. The molecule has 3 aromatic heterocycles.